The molecule has 0 heterocycles. The zero-order chi connectivity index (χ0) is 12.8. The highest BCUT2D eigenvalue weighted by atomic mass is 19.1. The lowest BCUT2D eigenvalue weighted by Crippen LogP contribution is -2.01. The van der Waals surface area contributed by atoms with Gasteiger partial charge in [-0.2, -0.15) is 4.39 Å². The van der Waals surface area contributed by atoms with E-state index in [4.69, 9.17) is 5.53 Å². The van der Waals surface area contributed by atoms with Gasteiger partial charge in [0, 0.05) is 17.5 Å². The molecule has 0 saturated heterocycles. The van der Waals surface area contributed by atoms with Crippen LogP contribution >= 0.6 is 0 Å². The average Bonchev–Trinajstić information content (AvgIpc) is 2.29. The first kappa shape index (κ1) is 12.9. The molecule has 1 atom stereocenters. The van der Waals surface area contributed by atoms with Crippen molar-refractivity contribution in [1.82, 2.24) is 0 Å². The van der Waals surface area contributed by atoms with Gasteiger partial charge in [0.1, 0.15) is 0 Å². The first-order valence-corrected chi connectivity index (χ1v) is 4.69. The van der Waals surface area contributed by atoms with Crippen LogP contribution in [0.25, 0.3) is 10.4 Å². The Kier molecular flexibility index (Phi) is 4.38. The minimum absolute atomic E-state index is 0.0584. The van der Waals surface area contributed by atoms with Gasteiger partial charge in [-0.05, 0) is 23.6 Å². The summed E-state index contributed by atoms with van der Waals surface area (Å²) >= 11 is 0. The molecule has 0 aliphatic rings. The highest BCUT2D eigenvalue weighted by Crippen LogP contribution is 2.24. The van der Waals surface area contributed by atoms with Crippen molar-refractivity contribution in [2.24, 2.45) is 5.11 Å². The van der Waals surface area contributed by atoms with Crippen LogP contribution in [0.1, 0.15) is 18.1 Å². The Hall–Kier alpha value is -2.18. The fourth-order valence-electron chi connectivity index (χ4n) is 1.27. The Morgan fingerprint density at radius 1 is 1.65 bits per heavy atom. The third kappa shape index (κ3) is 3.40. The van der Waals surface area contributed by atoms with Crippen LogP contribution in [-0.2, 0) is 0 Å². The molecule has 1 aromatic rings. The lowest BCUT2D eigenvalue weighted by atomic mass is 10.1. The van der Waals surface area contributed by atoms with Crippen molar-refractivity contribution in [3.8, 4) is 0 Å². The molecule has 0 amide bonds. The summed E-state index contributed by atoms with van der Waals surface area (Å²) in [5.41, 5.74) is 7.57. The molecule has 1 unspecified atom stereocenters. The Balaban J connectivity index is 2.87. The van der Waals surface area contributed by atoms with Gasteiger partial charge >= 0.3 is 5.69 Å². The summed E-state index contributed by atoms with van der Waals surface area (Å²) in [4.78, 5) is 12.1. The number of halogens is 1. The second-order valence-corrected chi connectivity index (χ2v) is 3.23. The van der Waals surface area contributed by atoms with Gasteiger partial charge < -0.3 is 5.11 Å². The zero-order valence-corrected chi connectivity index (χ0v) is 8.65. The maximum Gasteiger partial charge on any atom is 0.305 e. The zero-order valence-electron chi connectivity index (χ0n) is 8.65. The maximum absolute atomic E-state index is 13.0. The number of hydrogen-bond acceptors (Lipinski definition) is 4. The summed E-state index contributed by atoms with van der Waals surface area (Å²) in [7, 11) is 0. The highest BCUT2D eigenvalue weighted by Gasteiger charge is 2.17. The molecule has 1 aromatic carbocycles. The topological polar surface area (TPSA) is 112 Å². The standard InChI is InChI=1S/C9H9FN4O3/c10-7-2-1-6(5-8(7)14(16)17)9(15)3-4-12-13-11/h1-2,5,9,15H,3-4H2. The Labute approximate surface area is 95.3 Å². The molecule has 90 valence electrons. The molecule has 1 N–H and O–H groups in total. The number of nitro benzene ring substituents is 1. The van der Waals surface area contributed by atoms with Gasteiger partial charge in [0.25, 0.3) is 0 Å². The van der Waals surface area contributed by atoms with E-state index >= 15 is 0 Å². The minimum atomic E-state index is -1.03. The van der Waals surface area contributed by atoms with Crippen molar-refractivity contribution in [1.29, 1.82) is 0 Å². The summed E-state index contributed by atoms with van der Waals surface area (Å²) in [6.45, 7) is 0.0584. The SMILES string of the molecule is [N-]=[N+]=NCCC(O)c1ccc(F)c([N+](=O)[O-])c1. The number of aliphatic hydroxyl groups is 1. The molecule has 0 spiro atoms. The van der Waals surface area contributed by atoms with Gasteiger partial charge in [-0.3, -0.25) is 10.1 Å². The lowest BCUT2D eigenvalue weighted by Gasteiger charge is -2.08. The molecule has 0 saturated carbocycles. The number of aliphatic hydroxyl groups excluding tert-OH is 1. The smallest absolute Gasteiger partial charge is 0.305 e. The second-order valence-electron chi connectivity index (χ2n) is 3.23. The van der Waals surface area contributed by atoms with Crippen molar-refractivity contribution < 1.29 is 14.4 Å². The van der Waals surface area contributed by atoms with E-state index in [1.807, 2.05) is 0 Å². The normalized spacial score (nSPS) is 11.6. The molecule has 0 aliphatic heterocycles. The molecule has 0 fully saturated rings. The molecular weight excluding hydrogens is 231 g/mol. The number of nitrogens with zero attached hydrogens (tertiary/aromatic N) is 4. The predicted molar refractivity (Wildman–Crippen MR) is 56.6 cm³/mol. The quantitative estimate of drug-likeness (QED) is 0.280. The van der Waals surface area contributed by atoms with Gasteiger partial charge in [0.05, 0.1) is 11.0 Å². The van der Waals surface area contributed by atoms with Crippen LogP contribution in [-0.4, -0.2) is 16.6 Å². The first-order valence-electron chi connectivity index (χ1n) is 4.69. The third-order valence-corrected chi connectivity index (χ3v) is 2.12. The second kappa shape index (κ2) is 5.78. The van der Waals surface area contributed by atoms with Gasteiger partial charge in [-0.1, -0.05) is 11.2 Å². The summed E-state index contributed by atoms with van der Waals surface area (Å²) in [6.07, 6.45) is -0.910. The molecule has 0 radical (unpaired) electrons. The number of azide groups is 1. The molecule has 0 aliphatic carbocycles. The van der Waals surface area contributed by atoms with Gasteiger partial charge in [0.2, 0.25) is 5.82 Å². The Morgan fingerprint density at radius 2 is 2.35 bits per heavy atom. The fraction of sp³-hybridized carbons (Fsp3) is 0.333. The number of hydrogen-bond donors (Lipinski definition) is 1. The molecule has 8 heteroatoms. The van der Waals surface area contributed by atoms with Crippen LogP contribution in [0.4, 0.5) is 10.1 Å². The Morgan fingerprint density at radius 3 is 2.94 bits per heavy atom. The monoisotopic (exact) mass is 240 g/mol. The summed E-state index contributed by atoms with van der Waals surface area (Å²) in [5.74, 6) is -0.957. The van der Waals surface area contributed by atoms with Crippen molar-refractivity contribution >= 4 is 5.69 Å². The van der Waals surface area contributed by atoms with E-state index in [0.717, 1.165) is 12.1 Å². The summed E-state index contributed by atoms with van der Waals surface area (Å²) < 4.78 is 13.0. The van der Waals surface area contributed by atoms with Gasteiger partial charge in [0.15, 0.2) is 0 Å². The summed E-state index contributed by atoms with van der Waals surface area (Å²) in [6, 6.07) is 3.14. The summed E-state index contributed by atoms with van der Waals surface area (Å²) in [5, 5.41) is 23.3. The fourth-order valence-corrected chi connectivity index (χ4v) is 1.27. The van der Waals surface area contributed by atoms with E-state index in [-0.39, 0.29) is 18.5 Å². The Bertz CT molecular complexity index is 473. The van der Waals surface area contributed by atoms with E-state index < -0.39 is 22.5 Å². The van der Waals surface area contributed by atoms with Crippen LogP contribution in [0.3, 0.4) is 0 Å². The number of rotatable bonds is 5. The van der Waals surface area contributed by atoms with Gasteiger partial charge in [-0.25, -0.2) is 0 Å². The molecule has 1 rings (SSSR count). The number of benzene rings is 1. The first-order chi connectivity index (χ1) is 8.06. The van der Waals surface area contributed by atoms with Crippen LogP contribution in [0.2, 0.25) is 0 Å². The largest absolute Gasteiger partial charge is 0.388 e. The lowest BCUT2D eigenvalue weighted by molar-refractivity contribution is -0.387. The van der Waals surface area contributed by atoms with Crippen molar-refractivity contribution in [3.05, 3.63) is 50.1 Å². The molecule has 7 nitrogen and oxygen atoms in total. The third-order valence-electron chi connectivity index (χ3n) is 2.12. The molecule has 0 bridgehead atoms. The average molecular weight is 240 g/mol. The number of nitro groups is 1. The maximum atomic E-state index is 13.0. The van der Waals surface area contributed by atoms with E-state index in [1.54, 1.807) is 0 Å². The highest BCUT2D eigenvalue weighted by molar-refractivity contribution is 5.37. The van der Waals surface area contributed by atoms with Crippen LogP contribution in [0, 0.1) is 15.9 Å². The molecule has 0 aromatic heterocycles. The van der Waals surface area contributed by atoms with Crippen molar-refractivity contribution in [2.75, 3.05) is 6.54 Å². The van der Waals surface area contributed by atoms with Gasteiger partial charge in [-0.15, -0.1) is 0 Å². The van der Waals surface area contributed by atoms with Crippen molar-refractivity contribution in [2.45, 2.75) is 12.5 Å². The van der Waals surface area contributed by atoms with Crippen LogP contribution in [0.5, 0.6) is 0 Å². The van der Waals surface area contributed by atoms with Crippen LogP contribution < -0.4 is 0 Å². The van der Waals surface area contributed by atoms with E-state index in [0.29, 0.717) is 0 Å². The van der Waals surface area contributed by atoms with Crippen molar-refractivity contribution in [3.63, 3.8) is 0 Å². The molecular formula is C9H9FN4O3. The van der Waals surface area contributed by atoms with E-state index in [2.05, 4.69) is 10.0 Å². The van der Waals surface area contributed by atoms with Crippen LogP contribution in [0.15, 0.2) is 23.3 Å². The van der Waals surface area contributed by atoms with E-state index in [1.165, 1.54) is 6.07 Å². The predicted octanol–water partition coefficient (Wildman–Crippen LogP) is 2.47. The minimum Gasteiger partial charge on any atom is -0.388 e. The van der Waals surface area contributed by atoms with E-state index in [9.17, 15) is 19.6 Å². The molecule has 17 heavy (non-hydrogen) atoms.